The van der Waals surface area contributed by atoms with Crippen LogP contribution in [0.1, 0.15) is 6.42 Å². The lowest BCUT2D eigenvalue weighted by Crippen LogP contribution is -1.99. The van der Waals surface area contributed by atoms with Gasteiger partial charge in [0.2, 0.25) is 0 Å². The van der Waals surface area contributed by atoms with Gasteiger partial charge in [0.15, 0.2) is 0 Å². The van der Waals surface area contributed by atoms with Gasteiger partial charge in [0.1, 0.15) is 6.07 Å². The maximum Gasteiger partial charge on any atom is 0.100 e. The molecule has 56 valence electrons. The normalized spacial score (nSPS) is 20.5. The van der Waals surface area contributed by atoms with Gasteiger partial charge in [-0.15, -0.1) is 0 Å². The maximum absolute atomic E-state index is 8.47. The Balaban J connectivity index is 2.93. The van der Waals surface area contributed by atoms with Gasteiger partial charge in [0.25, 0.3) is 0 Å². The number of halogens is 1. The fourth-order valence-electron chi connectivity index (χ4n) is 0.756. The first-order valence-corrected chi connectivity index (χ1v) is 3.34. The van der Waals surface area contributed by atoms with Gasteiger partial charge < -0.3 is 5.21 Å². The van der Waals surface area contributed by atoms with Crippen LogP contribution in [-0.4, -0.2) is 10.9 Å². The van der Waals surface area contributed by atoms with E-state index >= 15 is 0 Å². The van der Waals surface area contributed by atoms with Crippen molar-refractivity contribution in [1.29, 1.82) is 5.26 Å². The number of hydrogen-bond donors (Lipinski definition) is 1. The van der Waals surface area contributed by atoms with Gasteiger partial charge in [-0.25, -0.2) is 0 Å². The molecule has 1 N–H and O–H groups in total. The van der Waals surface area contributed by atoms with Crippen LogP contribution in [0.4, 0.5) is 0 Å². The molecule has 0 fully saturated rings. The van der Waals surface area contributed by atoms with Crippen LogP contribution in [0.15, 0.2) is 27.9 Å². The van der Waals surface area contributed by atoms with Crippen molar-refractivity contribution < 1.29 is 5.21 Å². The first-order valence-electron chi connectivity index (χ1n) is 2.96. The summed E-state index contributed by atoms with van der Waals surface area (Å²) >= 11 is 5.63. The van der Waals surface area contributed by atoms with Crippen molar-refractivity contribution >= 4 is 17.3 Å². The zero-order valence-corrected chi connectivity index (χ0v) is 6.34. The van der Waals surface area contributed by atoms with Crippen LogP contribution in [0.25, 0.3) is 0 Å². The molecule has 0 saturated heterocycles. The molecule has 0 aromatic rings. The molecule has 1 rings (SSSR count). The molecule has 0 radical (unpaired) electrons. The summed E-state index contributed by atoms with van der Waals surface area (Å²) in [6, 6.07) is 1.92. The lowest BCUT2D eigenvalue weighted by Gasteiger charge is -2.03. The molecule has 0 atom stereocenters. The first-order chi connectivity index (χ1) is 5.27. The zero-order valence-electron chi connectivity index (χ0n) is 5.58. The van der Waals surface area contributed by atoms with Crippen molar-refractivity contribution in [3.63, 3.8) is 0 Å². The molecule has 0 saturated carbocycles. The Morgan fingerprint density at radius 1 is 1.73 bits per heavy atom. The highest BCUT2D eigenvalue weighted by atomic mass is 35.5. The highest BCUT2D eigenvalue weighted by Crippen LogP contribution is 2.19. The van der Waals surface area contributed by atoms with Crippen molar-refractivity contribution in [2.75, 3.05) is 0 Å². The molecule has 0 spiro atoms. The summed E-state index contributed by atoms with van der Waals surface area (Å²) in [7, 11) is 0. The average Bonchev–Trinajstić information content (AvgIpc) is 2.04. The van der Waals surface area contributed by atoms with Crippen molar-refractivity contribution in [3.8, 4) is 6.07 Å². The smallest absolute Gasteiger partial charge is 0.100 e. The summed E-state index contributed by atoms with van der Waals surface area (Å²) in [6.45, 7) is 0. The second-order valence-electron chi connectivity index (χ2n) is 2.02. The Morgan fingerprint density at radius 3 is 2.91 bits per heavy atom. The van der Waals surface area contributed by atoms with E-state index in [0.29, 0.717) is 22.7 Å². The average molecular weight is 169 g/mol. The third-order valence-corrected chi connectivity index (χ3v) is 1.63. The monoisotopic (exact) mass is 168 g/mol. The molecular formula is C7H5ClN2O. The predicted molar refractivity (Wildman–Crippen MR) is 41.5 cm³/mol. The van der Waals surface area contributed by atoms with Gasteiger partial charge in [-0.2, -0.15) is 5.26 Å². The van der Waals surface area contributed by atoms with Crippen molar-refractivity contribution in [2.45, 2.75) is 6.42 Å². The molecule has 0 aliphatic heterocycles. The molecule has 0 amide bonds. The fraction of sp³-hybridized carbons (Fsp3) is 0.143. The van der Waals surface area contributed by atoms with Crippen molar-refractivity contribution in [2.24, 2.45) is 5.16 Å². The van der Waals surface area contributed by atoms with Gasteiger partial charge in [-0.05, 0) is 6.08 Å². The van der Waals surface area contributed by atoms with Crippen molar-refractivity contribution in [3.05, 3.63) is 22.8 Å². The van der Waals surface area contributed by atoms with Crippen molar-refractivity contribution in [1.82, 2.24) is 0 Å². The van der Waals surface area contributed by atoms with E-state index in [4.69, 9.17) is 22.1 Å². The predicted octanol–water partition coefficient (Wildman–Crippen LogP) is 1.79. The number of nitrogens with zero attached hydrogens (tertiary/aromatic N) is 2. The van der Waals surface area contributed by atoms with Crippen LogP contribution in [-0.2, 0) is 0 Å². The summed E-state index contributed by atoms with van der Waals surface area (Å²) in [5, 5.41) is 20.1. The maximum atomic E-state index is 8.47. The van der Waals surface area contributed by atoms with E-state index in [0.717, 1.165) is 0 Å². The van der Waals surface area contributed by atoms with E-state index < -0.39 is 0 Å². The van der Waals surface area contributed by atoms with Crippen LogP contribution in [0.2, 0.25) is 0 Å². The van der Waals surface area contributed by atoms with Gasteiger partial charge in [0, 0.05) is 6.42 Å². The lowest BCUT2D eigenvalue weighted by molar-refractivity contribution is 0.318. The topological polar surface area (TPSA) is 56.4 Å². The Hall–Kier alpha value is -1.27. The lowest BCUT2D eigenvalue weighted by atomic mass is 10.1. The molecule has 0 unspecified atom stereocenters. The number of nitriles is 1. The van der Waals surface area contributed by atoms with E-state index in [1.165, 1.54) is 6.08 Å². The molecular weight excluding hydrogens is 164 g/mol. The van der Waals surface area contributed by atoms with Crippen LogP contribution >= 0.6 is 11.6 Å². The molecule has 3 nitrogen and oxygen atoms in total. The molecule has 0 aromatic carbocycles. The van der Waals surface area contributed by atoms with Gasteiger partial charge in [-0.1, -0.05) is 22.8 Å². The minimum atomic E-state index is 0.326. The van der Waals surface area contributed by atoms with Gasteiger partial charge in [-0.3, -0.25) is 0 Å². The summed E-state index contributed by atoms with van der Waals surface area (Å²) in [4.78, 5) is 0. The van der Waals surface area contributed by atoms with E-state index in [2.05, 4.69) is 5.16 Å². The summed E-state index contributed by atoms with van der Waals surface area (Å²) < 4.78 is 0. The van der Waals surface area contributed by atoms with Crippen LogP contribution in [0.5, 0.6) is 0 Å². The van der Waals surface area contributed by atoms with E-state index in [9.17, 15) is 0 Å². The van der Waals surface area contributed by atoms with E-state index in [-0.39, 0.29) is 0 Å². The minimum absolute atomic E-state index is 0.326. The molecule has 0 heterocycles. The molecule has 0 bridgehead atoms. The standard InChI is InChI=1S/C7H5ClN2O/c8-7-3-6(10-11)2-1-5(7)4-9/h1,3,11H,2H2/b10-6+. The highest BCUT2D eigenvalue weighted by molar-refractivity contribution is 6.34. The molecule has 4 heteroatoms. The minimum Gasteiger partial charge on any atom is -0.411 e. The van der Waals surface area contributed by atoms with Gasteiger partial charge >= 0.3 is 0 Å². The largest absolute Gasteiger partial charge is 0.411 e. The quantitative estimate of drug-likeness (QED) is 0.443. The SMILES string of the molecule is N#CC1=CC/C(=N\O)C=C1Cl. The Kier molecular flexibility index (Phi) is 2.29. The number of rotatable bonds is 0. The number of oxime groups is 1. The summed E-state index contributed by atoms with van der Waals surface area (Å²) in [6.07, 6.45) is 3.55. The molecule has 0 aromatic heterocycles. The molecule has 11 heavy (non-hydrogen) atoms. The second-order valence-corrected chi connectivity index (χ2v) is 2.42. The van der Waals surface area contributed by atoms with Crippen LogP contribution in [0, 0.1) is 11.3 Å². The Morgan fingerprint density at radius 2 is 2.45 bits per heavy atom. The van der Waals surface area contributed by atoms with E-state index in [1.54, 1.807) is 6.08 Å². The second kappa shape index (κ2) is 3.22. The summed E-state index contributed by atoms with van der Waals surface area (Å²) in [5.41, 5.74) is 0.896. The zero-order chi connectivity index (χ0) is 8.27. The van der Waals surface area contributed by atoms with Gasteiger partial charge in [0.05, 0.1) is 16.3 Å². The highest BCUT2D eigenvalue weighted by Gasteiger charge is 2.09. The number of allylic oxidation sites excluding steroid dienone is 4. The number of hydrogen-bond acceptors (Lipinski definition) is 3. The summed E-state index contributed by atoms with van der Waals surface area (Å²) in [5.74, 6) is 0. The third-order valence-electron chi connectivity index (χ3n) is 1.31. The molecule has 1 aliphatic carbocycles. The Bertz CT molecular complexity index is 296. The first kappa shape index (κ1) is 7.83. The fourth-order valence-corrected chi connectivity index (χ4v) is 1.00. The molecule has 1 aliphatic rings. The van der Waals surface area contributed by atoms with Crippen LogP contribution in [0.3, 0.4) is 0 Å². The third kappa shape index (κ3) is 1.60. The van der Waals surface area contributed by atoms with Crippen LogP contribution < -0.4 is 0 Å². The Labute approximate surface area is 68.9 Å². The van der Waals surface area contributed by atoms with E-state index in [1.807, 2.05) is 6.07 Å².